The second-order valence-corrected chi connectivity index (χ2v) is 7.45. The molecule has 1 aliphatic heterocycles. The smallest absolute Gasteiger partial charge is 0.256 e. The highest BCUT2D eigenvalue weighted by Gasteiger charge is 2.32. The first-order chi connectivity index (χ1) is 11.2. The minimum absolute atomic E-state index is 0.0140. The number of carbonyl (C=O) groups is 1. The molecule has 2 heterocycles. The monoisotopic (exact) mass is 323 g/mol. The maximum atomic E-state index is 12.6. The Morgan fingerprint density at radius 3 is 2.78 bits per heavy atom. The van der Waals surface area contributed by atoms with Gasteiger partial charge in [-0.2, -0.15) is 5.26 Å². The Morgan fingerprint density at radius 1 is 1.26 bits per heavy atom. The first-order valence-corrected chi connectivity index (χ1v) is 8.69. The topological polar surface area (TPSA) is 64.9 Å². The number of hydrogen-bond donors (Lipinski definition) is 2. The molecule has 23 heavy (non-hydrogen) atoms. The van der Waals surface area contributed by atoms with Crippen molar-refractivity contribution < 1.29 is 4.79 Å². The number of anilines is 1. The number of amides is 1. The van der Waals surface area contributed by atoms with Gasteiger partial charge in [-0.25, -0.2) is 0 Å². The molecular formula is C18H17N3OS. The number of carbonyl (C=O) groups excluding carboxylic acids is 1. The van der Waals surface area contributed by atoms with Crippen LogP contribution in [0.3, 0.4) is 0 Å². The normalized spacial score (nSPS) is 22.3. The van der Waals surface area contributed by atoms with Gasteiger partial charge < -0.3 is 10.6 Å². The van der Waals surface area contributed by atoms with Gasteiger partial charge in [-0.1, -0.05) is 19.1 Å². The van der Waals surface area contributed by atoms with Crippen molar-refractivity contribution in [1.82, 2.24) is 5.32 Å². The molecule has 2 N–H and O–H groups in total. The predicted octanol–water partition coefficient (Wildman–Crippen LogP) is 3.60. The Balaban J connectivity index is 1.67. The molecule has 4 rings (SSSR count). The van der Waals surface area contributed by atoms with Crippen molar-refractivity contribution in [3.05, 3.63) is 51.4 Å². The Morgan fingerprint density at radius 2 is 2.04 bits per heavy atom. The molecule has 0 unspecified atom stereocenters. The Hall–Kier alpha value is -2.32. The highest BCUT2D eigenvalue weighted by Crippen LogP contribution is 2.42. The van der Waals surface area contributed by atoms with Gasteiger partial charge in [-0.05, 0) is 48.4 Å². The molecule has 0 radical (unpaired) electrons. The van der Waals surface area contributed by atoms with Crippen LogP contribution in [0.4, 0.5) is 5.00 Å². The number of fused-ring (bicyclic) bond motifs is 3. The molecule has 2 aromatic rings. The summed E-state index contributed by atoms with van der Waals surface area (Å²) in [6, 6.07) is 9.44. The van der Waals surface area contributed by atoms with E-state index in [1.165, 1.54) is 10.4 Å². The average molecular weight is 323 g/mol. The summed E-state index contributed by atoms with van der Waals surface area (Å²) in [4.78, 5) is 14.0. The van der Waals surface area contributed by atoms with Crippen LogP contribution in [0, 0.1) is 17.2 Å². The number of nitriles is 1. The van der Waals surface area contributed by atoms with Crippen LogP contribution in [0.25, 0.3) is 0 Å². The summed E-state index contributed by atoms with van der Waals surface area (Å²) in [5, 5.41) is 16.4. The lowest BCUT2D eigenvalue weighted by atomic mass is 9.88. The van der Waals surface area contributed by atoms with Crippen LogP contribution in [0.1, 0.15) is 51.4 Å². The summed E-state index contributed by atoms with van der Waals surface area (Å²) in [5.74, 6) is 0.708. The maximum absolute atomic E-state index is 12.6. The molecule has 0 fully saturated rings. The molecule has 1 aromatic carbocycles. The van der Waals surface area contributed by atoms with E-state index in [4.69, 9.17) is 5.26 Å². The van der Waals surface area contributed by atoms with Crippen LogP contribution in [0.5, 0.6) is 0 Å². The average Bonchev–Trinajstić information content (AvgIpc) is 2.92. The van der Waals surface area contributed by atoms with Gasteiger partial charge in [0.1, 0.15) is 11.2 Å². The first kappa shape index (κ1) is 14.3. The van der Waals surface area contributed by atoms with Crippen molar-refractivity contribution >= 4 is 22.2 Å². The van der Waals surface area contributed by atoms with Crippen LogP contribution in [0.15, 0.2) is 24.3 Å². The summed E-state index contributed by atoms with van der Waals surface area (Å²) in [6.07, 6.45) is 2.99. The maximum Gasteiger partial charge on any atom is 0.256 e. The van der Waals surface area contributed by atoms with Gasteiger partial charge in [-0.3, -0.25) is 4.79 Å². The fourth-order valence-corrected chi connectivity index (χ4v) is 4.82. The number of nitrogens with zero attached hydrogens (tertiary/aromatic N) is 1. The minimum Gasteiger partial charge on any atom is -0.353 e. The van der Waals surface area contributed by atoms with E-state index in [-0.39, 0.29) is 12.1 Å². The van der Waals surface area contributed by atoms with Crippen molar-refractivity contribution in [3.8, 4) is 6.07 Å². The number of hydrogen-bond acceptors (Lipinski definition) is 4. The van der Waals surface area contributed by atoms with Gasteiger partial charge >= 0.3 is 0 Å². The van der Waals surface area contributed by atoms with Gasteiger partial charge in [0, 0.05) is 4.88 Å². The molecule has 4 nitrogen and oxygen atoms in total. The van der Waals surface area contributed by atoms with Gasteiger partial charge in [0.05, 0.1) is 17.2 Å². The predicted molar refractivity (Wildman–Crippen MR) is 90.5 cm³/mol. The second-order valence-electron chi connectivity index (χ2n) is 6.34. The van der Waals surface area contributed by atoms with Crippen molar-refractivity contribution in [3.63, 3.8) is 0 Å². The van der Waals surface area contributed by atoms with Crippen LogP contribution >= 0.6 is 11.3 Å². The van der Waals surface area contributed by atoms with Crippen LogP contribution < -0.4 is 10.6 Å². The van der Waals surface area contributed by atoms with E-state index in [0.29, 0.717) is 11.5 Å². The number of nitrogens with one attached hydrogen (secondary N) is 2. The molecule has 1 aromatic heterocycles. The summed E-state index contributed by atoms with van der Waals surface area (Å²) in [7, 11) is 0. The SMILES string of the molecule is C[C@H]1CCc2c(sc3c2C(=O)N[C@H](c2ccc(C#N)cc2)N3)C1. The lowest BCUT2D eigenvalue weighted by Crippen LogP contribution is -2.38. The van der Waals surface area contributed by atoms with E-state index in [0.717, 1.165) is 35.4 Å². The zero-order chi connectivity index (χ0) is 16.0. The third-order valence-electron chi connectivity index (χ3n) is 4.66. The molecule has 0 saturated heterocycles. The highest BCUT2D eigenvalue weighted by molar-refractivity contribution is 7.16. The van der Waals surface area contributed by atoms with Crippen molar-refractivity contribution in [2.24, 2.45) is 5.92 Å². The first-order valence-electron chi connectivity index (χ1n) is 7.87. The zero-order valence-electron chi connectivity index (χ0n) is 12.8. The number of benzene rings is 1. The van der Waals surface area contributed by atoms with Crippen LogP contribution in [-0.4, -0.2) is 5.91 Å². The number of thiophene rings is 1. The molecule has 0 bridgehead atoms. The quantitative estimate of drug-likeness (QED) is 0.843. The van der Waals surface area contributed by atoms with Gasteiger partial charge in [-0.15, -0.1) is 11.3 Å². The summed E-state index contributed by atoms with van der Waals surface area (Å²) in [5.41, 5.74) is 3.67. The number of rotatable bonds is 1. The summed E-state index contributed by atoms with van der Waals surface area (Å²) in [6.45, 7) is 2.27. The summed E-state index contributed by atoms with van der Waals surface area (Å²) >= 11 is 1.73. The molecule has 1 aliphatic carbocycles. The third-order valence-corrected chi connectivity index (χ3v) is 5.85. The van der Waals surface area contributed by atoms with Crippen molar-refractivity contribution in [2.75, 3.05) is 5.32 Å². The lowest BCUT2D eigenvalue weighted by Gasteiger charge is -2.27. The van der Waals surface area contributed by atoms with Gasteiger partial charge in [0.2, 0.25) is 0 Å². The molecular weight excluding hydrogens is 306 g/mol. The molecule has 5 heteroatoms. The van der Waals surface area contributed by atoms with Crippen LogP contribution in [0.2, 0.25) is 0 Å². The van der Waals surface area contributed by atoms with E-state index in [2.05, 4.69) is 23.6 Å². The second kappa shape index (κ2) is 5.39. The van der Waals surface area contributed by atoms with Crippen molar-refractivity contribution in [1.29, 1.82) is 5.26 Å². The van der Waals surface area contributed by atoms with E-state index in [1.54, 1.807) is 23.5 Å². The largest absolute Gasteiger partial charge is 0.353 e. The zero-order valence-corrected chi connectivity index (χ0v) is 13.7. The van der Waals surface area contributed by atoms with Crippen LogP contribution in [-0.2, 0) is 12.8 Å². The molecule has 1 amide bonds. The molecule has 2 atom stereocenters. The van der Waals surface area contributed by atoms with Crippen molar-refractivity contribution in [2.45, 2.75) is 32.4 Å². The molecule has 0 spiro atoms. The van der Waals surface area contributed by atoms with Gasteiger partial charge in [0.25, 0.3) is 5.91 Å². The Labute approximate surface area is 139 Å². The molecule has 0 saturated carbocycles. The third kappa shape index (κ3) is 2.40. The minimum atomic E-state index is -0.236. The standard InChI is InChI=1S/C18H17N3OS/c1-10-2-7-13-14(8-10)23-18-15(13)17(22)20-16(21-18)12-5-3-11(9-19)4-6-12/h3-6,10,16,21H,2,7-8H2,1H3,(H,20,22)/t10-,16-/m0/s1. The lowest BCUT2D eigenvalue weighted by molar-refractivity contribution is 0.0935. The highest BCUT2D eigenvalue weighted by atomic mass is 32.1. The fourth-order valence-electron chi connectivity index (χ4n) is 3.38. The van der Waals surface area contributed by atoms with E-state index in [1.807, 2.05) is 12.1 Å². The van der Waals surface area contributed by atoms with Gasteiger partial charge in [0.15, 0.2) is 0 Å². The van der Waals surface area contributed by atoms with E-state index in [9.17, 15) is 4.79 Å². The Kier molecular flexibility index (Phi) is 3.35. The fraction of sp³-hybridized carbons (Fsp3) is 0.333. The van der Waals surface area contributed by atoms with E-state index >= 15 is 0 Å². The van der Waals surface area contributed by atoms with E-state index < -0.39 is 0 Å². The molecule has 2 aliphatic rings. The summed E-state index contributed by atoms with van der Waals surface area (Å²) < 4.78 is 0. The molecule has 116 valence electrons. The Bertz CT molecular complexity index is 816.